The van der Waals surface area contributed by atoms with Gasteiger partial charge < -0.3 is 10.3 Å². The Morgan fingerprint density at radius 1 is 1.50 bits per heavy atom. The molecule has 2 aromatic rings. The highest BCUT2D eigenvalue weighted by Gasteiger charge is 2.07. The lowest BCUT2D eigenvalue weighted by molar-refractivity contribution is -0.109. The lowest BCUT2D eigenvalue weighted by atomic mass is 10.1. The van der Waals surface area contributed by atoms with Crippen molar-refractivity contribution in [3.63, 3.8) is 0 Å². The van der Waals surface area contributed by atoms with Crippen molar-refractivity contribution >= 4 is 29.1 Å². The SMILES string of the molecule is CSc1cccc2[nH]cc(CCNC=O)c12. The predicted molar refractivity (Wildman–Crippen MR) is 67.9 cm³/mol. The van der Waals surface area contributed by atoms with E-state index in [2.05, 4.69) is 34.8 Å². The zero-order valence-electron chi connectivity index (χ0n) is 9.12. The first kappa shape index (κ1) is 11.1. The summed E-state index contributed by atoms with van der Waals surface area (Å²) in [6.45, 7) is 0.680. The molecular formula is C12H14N2OS. The summed E-state index contributed by atoms with van der Waals surface area (Å²) in [4.78, 5) is 14.7. The van der Waals surface area contributed by atoms with Crippen molar-refractivity contribution in [2.75, 3.05) is 12.8 Å². The number of hydrogen-bond donors (Lipinski definition) is 2. The lowest BCUT2D eigenvalue weighted by Crippen LogP contribution is -2.14. The molecule has 3 nitrogen and oxygen atoms in total. The molecule has 0 bridgehead atoms. The molecule has 0 fully saturated rings. The number of carbonyl (C=O) groups excluding carboxylic acids is 1. The number of carbonyl (C=O) groups is 1. The third-order valence-electron chi connectivity index (χ3n) is 2.59. The van der Waals surface area contributed by atoms with Gasteiger partial charge in [0.25, 0.3) is 0 Å². The van der Waals surface area contributed by atoms with Gasteiger partial charge in [0.15, 0.2) is 0 Å². The van der Waals surface area contributed by atoms with Gasteiger partial charge in [0.05, 0.1) is 0 Å². The fourth-order valence-corrected chi connectivity index (χ4v) is 2.51. The van der Waals surface area contributed by atoms with E-state index in [4.69, 9.17) is 0 Å². The summed E-state index contributed by atoms with van der Waals surface area (Å²) >= 11 is 1.75. The molecule has 0 atom stereocenters. The van der Waals surface area contributed by atoms with Gasteiger partial charge in [-0.05, 0) is 30.4 Å². The Hall–Kier alpha value is -1.42. The van der Waals surface area contributed by atoms with Crippen molar-refractivity contribution in [3.05, 3.63) is 30.0 Å². The Morgan fingerprint density at radius 3 is 3.12 bits per heavy atom. The molecule has 1 heterocycles. The molecule has 0 aliphatic heterocycles. The second-order valence-corrected chi connectivity index (χ2v) is 4.37. The topological polar surface area (TPSA) is 44.9 Å². The Balaban J connectivity index is 2.34. The third kappa shape index (κ3) is 2.07. The van der Waals surface area contributed by atoms with Crippen LogP contribution in [0.5, 0.6) is 0 Å². The van der Waals surface area contributed by atoms with Crippen molar-refractivity contribution in [2.24, 2.45) is 0 Å². The van der Waals surface area contributed by atoms with E-state index in [1.165, 1.54) is 15.8 Å². The molecular weight excluding hydrogens is 220 g/mol. The van der Waals surface area contributed by atoms with E-state index in [0.29, 0.717) is 6.54 Å². The molecule has 2 rings (SSSR count). The number of aromatic nitrogens is 1. The van der Waals surface area contributed by atoms with Gasteiger partial charge in [0.2, 0.25) is 6.41 Å². The molecule has 0 unspecified atom stereocenters. The van der Waals surface area contributed by atoms with Crippen molar-refractivity contribution < 1.29 is 4.79 Å². The highest BCUT2D eigenvalue weighted by Crippen LogP contribution is 2.29. The standard InChI is InChI=1S/C12H14N2OS/c1-16-11-4-2-3-10-12(11)9(7-14-10)5-6-13-8-15/h2-4,7-8,14H,5-6H2,1H3,(H,13,15). The molecule has 0 spiro atoms. The van der Waals surface area contributed by atoms with Crippen LogP contribution in [0.1, 0.15) is 5.56 Å². The minimum atomic E-state index is 0.680. The number of fused-ring (bicyclic) bond motifs is 1. The Labute approximate surface area is 98.6 Å². The summed E-state index contributed by atoms with van der Waals surface area (Å²) in [5, 5.41) is 3.97. The monoisotopic (exact) mass is 234 g/mol. The lowest BCUT2D eigenvalue weighted by Gasteiger charge is -2.03. The van der Waals surface area contributed by atoms with Crippen LogP contribution in [0.3, 0.4) is 0 Å². The van der Waals surface area contributed by atoms with E-state index >= 15 is 0 Å². The Bertz CT molecular complexity index is 493. The van der Waals surface area contributed by atoms with E-state index in [1.807, 2.05) is 6.20 Å². The van der Waals surface area contributed by atoms with E-state index in [1.54, 1.807) is 11.8 Å². The minimum absolute atomic E-state index is 0.680. The van der Waals surface area contributed by atoms with Crippen LogP contribution in [0.2, 0.25) is 0 Å². The molecule has 16 heavy (non-hydrogen) atoms. The first-order valence-corrected chi connectivity index (χ1v) is 6.39. The molecule has 0 saturated heterocycles. The molecule has 2 N–H and O–H groups in total. The predicted octanol–water partition coefficient (Wildman–Crippen LogP) is 2.18. The van der Waals surface area contributed by atoms with E-state index in [9.17, 15) is 4.79 Å². The Kier molecular flexibility index (Phi) is 3.51. The number of thioether (sulfide) groups is 1. The van der Waals surface area contributed by atoms with Crippen LogP contribution in [0, 0.1) is 0 Å². The van der Waals surface area contributed by atoms with Crippen molar-refractivity contribution in [2.45, 2.75) is 11.3 Å². The number of benzene rings is 1. The average Bonchev–Trinajstić information content (AvgIpc) is 2.73. The van der Waals surface area contributed by atoms with E-state index < -0.39 is 0 Å². The van der Waals surface area contributed by atoms with Gasteiger partial charge in [-0.1, -0.05) is 6.07 Å². The van der Waals surface area contributed by atoms with Crippen molar-refractivity contribution in [1.29, 1.82) is 0 Å². The van der Waals surface area contributed by atoms with Crippen LogP contribution in [0.25, 0.3) is 10.9 Å². The number of aromatic amines is 1. The fourth-order valence-electron chi connectivity index (χ4n) is 1.85. The maximum absolute atomic E-state index is 10.2. The van der Waals surface area contributed by atoms with E-state index in [-0.39, 0.29) is 0 Å². The van der Waals surface area contributed by atoms with E-state index in [0.717, 1.165) is 18.3 Å². The zero-order chi connectivity index (χ0) is 11.4. The van der Waals surface area contributed by atoms with Crippen LogP contribution in [-0.2, 0) is 11.2 Å². The summed E-state index contributed by atoms with van der Waals surface area (Å²) in [7, 11) is 0. The molecule has 1 amide bonds. The molecule has 0 saturated carbocycles. The third-order valence-corrected chi connectivity index (χ3v) is 3.37. The largest absolute Gasteiger partial charge is 0.361 e. The number of H-pyrrole nitrogens is 1. The number of rotatable bonds is 5. The summed E-state index contributed by atoms with van der Waals surface area (Å²) in [5.41, 5.74) is 2.42. The molecule has 0 radical (unpaired) electrons. The van der Waals surface area contributed by atoms with Crippen LogP contribution < -0.4 is 5.32 Å². The Morgan fingerprint density at radius 2 is 2.38 bits per heavy atom. The summed E-state index contributed by atoms with van der Waals surface area (Å²) < 4.78 is 0. The van der Waals surface area contributed by atoms with Gasteiger partial charge >= 0.3 is 0 Å². The van der Waals surface area contributed by atoms with Crippen LogP contribution in [-0.4, -0.2) is 24.2 Å². The highest BCUT2D eigenvalue weighted by molar-refractivity contribution is 7.98. The molecule has 1 aromatic heterocycles. The average molecular weight is 234 g/mol. The summed E-state index contributed by atoms with van der Waals surface area (Å²) in [5.74, 6) is 0. The maximum atomic E-state index is 10.2. The van der Waals surface area contributed by atoms with Gasteiger partial charge in [-0.3, -0.25) is 4.79 Å². The molecule has 0 aliphatic carbocycles. The molecule has 4 heteroatoms. The van der Waals surface area contributed by atoms with Gasteiger partial charge in [-0.15, -0.1) is 11.8 Å². The van der Waals surface area contributed by atoms with Gasteiger partial charge in [-0.25, -0.2) is 0 Å². The van der Waals surface area contributed by atoms with Crippen molar-refractivity contribution in [3.8, 4) is 0 Å². The second-order valence-electron chi connectivity index (χ2n) is 3.52. The quantitative estimate of drug-likeness (QED) is 0.473. The highest BCUT2D eigenvalue weighted by atomic mass is 32.2. The number of nitrogens with one attached hydrogen (secondary N) is 2. The first-order valence-electron chi connectivity index (χ1n) is 5.17. The zero-order valence-corrected chi connectivity index (χ0v) is 9.93. The molecule has 0 aliphatic rings. The summed E-state index contributed by atoms with van der Waals surface area (Å²) in [6, 6.07) is 6.25. The second kappa shape index (κ2) is 5.07. The number of hydrogen-bond acceptors (Lipinski definition) is 2. The van der Waals surface area contributed by atoms with Gasteiger partial charge in [0.1, 0.15) is 0 Å². The first-order chi connectivity index (χ1) is 7.86. The van der Waals surface area contributed by atoms with Crippen LogP contribution in [0.15, 0.2) is 29.3 Å². The minimum Gasteiger partial charge on any atom is -0.361 e. The number of amides is 1. The fraction of sp³-hybridized carbons (Fsp3) is 0.250. The van der Waals surface area contributed by atoms with Crippen LogP contribution >= 0.6 is 11.8 Å². The van der Waals surface area contributed by atoms with Gasteiger partial charge in [-0.2, -0.15) is 0 Å². The van der Waals surface area contributed by atoms with Gasteiger partial charge in [0, 0.05) is 28.5 Å². The van der Waals surface area contributed by atoms with Crippen LogP contribution in [0.4, 0.5) is 0 Å². The van der Waals surface area contributed by atoms with Crippen molar-refractivity contribution in [1.82, 2.24) is 10.3 Å². The normalized spacial score (nSPS) is 10.6. The summed E-state index contributed by atoms with van der Waals surface area (Å²) in [6.07, 6.45) is 5.70. The molecule has 84 valence electrons. The smallest absolute Gasteiger partial charge is 0.207 e. The molecule has 1 aromatic carbocycles. The maximum Gasteiger partial charge on any atom is 0.207 e.